The second kappa shape index (κ2) is 3.69. The van der Waals surface area contributed by atoms with Crippen molar-refractivity contribution in [3.05, 3.63) is 23.8 Å². The summed E-state index contributed by atoms with van der Waals surface area (Å²) in [5.74, 6) is 0. The van der Waals surface area contributed by atoms with E-state index in [0.29, 0.717) is 10.6 Å². The monoisotopic (exact) mass is 185 g/mol. The first-order valence-electron chi connectivity index (χ1n) is 3.64. The highest BCUT2D eigenvalue weighted by Crippen LogP contribution is 2.16. The number of aryl methyl sites for hydroxylation is 1. The van der Waals surface area contributed by atoms with Crippen LogP contribution in [0.4, 0.5) is 5.69 Å². The zero-order chi connectivity index (χ0) is 9.14. The quantitative estimate of drug-likeness (QED) is 0.541. The predicted octanol–water partition coefficient (Wildman–Crippen LogP) is 1.41. The van der Waals surface area contributed by atoms with E-state index in [-0.39, 0.29) is 0 Å². The maximum absolute atomic E-state index is 10.7. The summed E-state index contributed by atoms with van der Waals surface area (Å²) in [4.78, 5) is 0.404. The molecular weight excluding hydrogens is 174 g/mol. The van der Waals surface area contributed by atoms with E-state index in [2.05, 4.69) is 0 Å². The highest BCUT2D eigenvalue weighted by atomic mass is 32.2. The lowest BCUT2D eigenvalue weighted by Crippen LogP contribution is -1.96. The van der Waals surface area contributed by atoms with Gasteiger partial charge in [-0.2, -0.15) is 0 Å². The third-order valence-electron chi connectivity index (χ3n) is 1.70. The van der Waals surface area contributed by atoms with Crippen LogP contribution in [0.15, 0.2) is 23.1 Å². The third-order valence-corrected chi connectivity index (χ3v) is 2.35. The Kier molecular flexibility index (Phi) is 2.83. The lowest BCUT2D eigenvalue weighted by atomic mass is 10.1. The first-order chi connectivity index (χ1) is 5.65. The SMILES string of the molecule is CCc1cc(S(=O)O)ccc1N. The van der Waals surface area contributed by atoms with Crippen LogP contribution in [-0.4, -0.2) is 8.76 Å². The average Bonchev–Trinajstić information content (AvgIpc) is 2.05. The van der Waals surface area contributed by atoms with Gasteiger partial charge in [0.25, 0.3) is 0 Å². The van der Waals surface area contributed by atoms with Crippen molar-refractivity contribution in [3.8, 4) is 0 Å². The Morgan fingerprint density at radius 3 is 2.75 bits per heavy atom. The standard InChI is InChI=1S/C8H11NO2S/c1-2-6-5-7(12(10)11)3-4-8(6)9/h3-5H,2,9H2,1H3,(H,10,11). The second-order valence-electron chi connectivity index (χ2n) is 2.46. The molecule has 0 spiro atoms. The summed E-state index contributed by atoms with van der Waals surface area (Å²) in [5, 5.41) is 0. The van der Waals surface area contributed by atoms with Crippen LogP contribution in [-0.2, 0) is 17.5 Å². The van der Waals surface area contributed by atoms with E-state index in [9.17, 15) is 4.21 Å². The fourth-order valence-electron chi connectivity index (χ4n) is 0.997. The molecule has 0 heterocycles. The Labute approximate surface area is 73.9 Å². The van der Waals surface area contributed by atoms with E-state index >= 15 is 0 Å². The van der Waals surface area contributed by atoms with Crippen molar-refractivity contribution in [1.82, 2.24) is 0 Å². The van der Waals surface area contributed by atoms with Crippen LogP contribution in [0.3, 0.4) is 0 Å². The van der Waals surface area contributed by atoms with Crippen LogP contribution >= 0.6 is 0 Å². The third kappa shape index (κ3) is 1.84. The molecular formula is C8H11NO2S. The lowest BCUT2D eigenvalue weighted by Gasteiger charge is -2.03. The van der Waals surface area contributed by atoms with Crippen molar-refractivity contribution >= 4 is 16.8 Å². The van der Waals surface area contributed by atoms with Crippen molar-refractivity contribution in [2.45, 2.75) is 18.2 Å². The van der Waals surface area contributed by atoms with Gasteiger partial charge in [0.15, 0.2) is 11.1 Å². The van der Waals surface area contributed by atoms with E-state index in [0.717, 1.165) is 12.0 Å². The highest BCUT2D eigenvalue weighted by Gasteiger charge is 2.02. The molecule has 12 heavy (non-hydrogen) atoms. The summed E-state index contributed by atoms with van der Waals surface area (Å²) in [5.41, 5.74) is 7.20. The van der Waals surface area contributed by atoms with E-state index in [1.165, 1.54) is 0 Å². The van der Waals surface area contributed by atoms with Crippen LogP contribution in [0.25, 0.3) is 0 Å². The van der Waals surface area contributed by atoms with Gasteiger partial charge < -0.3 is 10.3 Å². The minimum absolute atomic E-state index is 0.404. The van der Waals surface area contributed by atoms with Crippen molar-refractivity contribution in [1.29, 1.82) is 0 Å². The van der Waals surface area contributed by atoms with Gasteiger partial charge in [-0.05, 0) is 30.2 Å². The maximum Gasteiger partial charge on any atom is 0.186 e. The number of hydrogen-bond donors (Lipinski definition) is 2. The van der Waals surface area contributed by atoms with Crippen LogP contribution in [0.2, 0.25) is 0 Å². The Balaban J connectivity index is 3.13. The number of anilines is 1. The van der Waals surface area contributed by atoms with Gasteiger partial charge in [-0.3, -0.25) is 0 Å². The Morgan fingerprint density at radius 2 is 2.25 bits per heavy atom. The molecule has 0 fully saturated rings. The van der Waals surface area contributed by atoms with Gasteiger partial charge in [0.2, 0.25) is 0 Å². The van der Waals surface area contributed by atoms with Crippen molar-refractivity contribution in [2.75, 3.05) is 5.73 Å². The largest absolute Gasteiger partial charge is 0.399 e. The first kappa shape index (κ1) is 9.22. The molecule has 3 nitrogen and oxygen atoms in total. The molecule has 0 radical (unpaired) electrons. The number of nitrogen functional groups attached to an aromatic ring is 1. The molecule has 1 aromatic rings. The molecule has 0 saturated carbocycles. The average molecular weight is 185 g/mol. The minimum Gasteiger partial charge on any atom is -0.399 e. The van der Waals surface area contributed by atoms with Crippen molar-refractivity contribution < 1.29 is 8.76 Å². The van der Waals surface area contributed by atoms with Crippen molar-refractivity contribution in [2.24, 2.45) is 0 Å². The molecule has 0 aliphatic heterocycles. The summed E-state index contributed by atoms with van der Waals surface area (Å²) in [6, 6.07) is 4.87. The smallest absolute Gasteiger partial charge is 0.186 e. The van der Waals surface area contributed by atoms with Crippen LogP contribution < -0.4 is 5.73 Å². The minimum atomic E-state index is -1.90. The maximum atomic E-state index is 10.7. The van der Waals surface area contributed by atoms with Crippen LogP contribution in [0.5, 0.6) is 0 Å². The van der Waals surface area contributed by atoms with Crippen molar-refractivity contribution in [3.63, 3.8) is 0 Å². The van der Waals surface area contributed by atoms with Gasteiger partial charge in [0.1, 0.15) is 0 Å². The Hall–Kier alpha value is -0.870. The van der Waals surface area contributed by atoms with Gasteiger partial charge in [-0.15, -0.1) is 0 Å². The first-order valence-corrected chi connectivity index (χ1v) is 4.75. The van der Waals surface area contributed by atoms with Gasteiger partial charge in [-0.1, -0.05) is 6.92 Å². The molecule has 4 heteroatoms. The zero-order valence-electron chi connectivity index (χ0n) is 6.78. The zero-order valence-corrected chi connectivity index (χ0v) is 7.60. The molecule has 1 unspecified atom stereocenters. The summed E-state index contributed by atoms with van der Waals surface area (Å²) < 4.78 is 19.4. The molecule has 1 aromatic carbocycles. The van der Waals surface area contributed by atoms with E-state index in [1.807, 2.05) is 6.92 Å². The predicted molar refractivity (Wildman–Crippen MR) is 49.3 cm³/mol. The van der Waals surface area contributed by atoms with E-state index < -0.39 is 11.1 Å². The summed E-state index contributed by atoms with van der Waals surface area (Å²) >= 11 is -1.90. The number of nitrogens with two attached hydrogens (primary N) is 1. The topological polar surface area (TPSA) is 63.3 Å². The Morgan fingerprint density at radius 1 is 1.58 bits per heavy atom. The Bertz CT molecular complexity index is 312. The normalized spacial score (nSPS) is 12.8. The molecule has 0 amide bonds. The second-order valence-corrected chi connectivity index (χ2v) is 3.43. The molecule has 66 valence electrons. The van der Waals surface area contributed by atoms with Crippen LogP contribution in [0.1, 0.15) is 12.5 Å². The molecule has 1 rings (SSSR count). The number of benzene rings is 1. The summed E-state index contributed by atoms with van der Waals surface area (Å²) in [6.07, 6.45) is 0.775. The molecule has 3 N–H and O–H groups in total. The highest BCUT2D eigenvalue weighted by molar-refractivity contribution is 7.79. The number of rotatable bonds is 2. The summed E-state index contributed by atoms with van der Waals surface area (Å²) in [6.45, 7) is 1.95. The van der Waals surface area contributed by atoms with E-state index in [1.54, 1.807) is 18.2 Å². The molecule has 1 atom stereocenters. The lowest BCUT2D eigenvalue weighted by molar-refractivity contribution is 0.564. The molecule has 0 bridgehead atoms. The van der Waals surface area contributed by atoms with Crippen LogP contribution in [0, 0.1) is 0 Å². The molecule has 0 saturated heterocycles. The van der Waals surface area contributed by atoms with Gasteiger partial charge in [0, 0.05) is 5.69 Å². The molecule has 0 aliphatic carbocycles. The van der Waals surface area contributed by atoms with E-state index in [4.69, 9.17) is 10.3 Å². The van der Waals surface area contributed by atoms with Gasteiger partial charge in [-0.25, -0.2) is 4.21 Å². The fraction of sp³-hybridized carbons (Fsp3) is 0.250. The van der Waals surface area contributed by atoms with Gasteiger partial charge in [0.05, 0.1) is 4.90 Å². The number of hydrogen-bond acceptors (Lipinski definition) is 2. The van der Waals surface area contributed by atoms with Gasteiger partial charge >= 0.3 is 0 Å². The molecule has 0 aliphatic rings. The summed E-state index contributed by atoms with van der Waals surface area (Å²) in [7, 11) is 0. The molecule has 0 aromatic heterocycles. The fourth-order valence-corrected chi connectivity index (χ4v) is 1.42.